The number of hydrogen-bond acceptors (Lipinski definition) is 4. The van der Waals surface area contributed by atoms with Crippen molar-refractivity contribution in [3.05, 3.63) is 69.7 Å². The molecule has 2 atom stereocenters. The summed E-state index contributed by atoms with van der Waals surface area (Å²) in [6.07, 6.45) is 0.492. The van der Waals surface area contributed by atoms with Crippen molar-refractivity contribution in [2.45, 2.75) is 44.9 Å². The van der Waals surface area contributed by atoms with Gasteiger partial charge in [-0.05, 0) is 56.7 Å². The molecular weight excluding hydrogens is 409 g/mol. The van der Waals surface area contributed by atoms with Gasteiger partial charge in [-0.3, -0.25) is 10.1 Å². The van der Waals surface area contributed by atoms with Crippen LogP contribution in [0.15, 0.2) is 53.5 Å². The number of amides is 1. The summed E-state index contributed by atoms with van der Waals surface area (Å²) in [5, 5.41) is 7.32. The van der Waals surface area contributed by atoms with Crippen LogP contribution in [0.5, 0.6) is 0 Å². The Balaban J connectivity index is 1.74. The maximum absolute atomic E-state index is 12.6. The molecule has 6 nitrogen and oxygen atoms in total. The van der Waals surface area contributed by atoms with E-state index in [1.54, 1.807) is 24.3 Å². The number of rotatable bonds is 3. The van der Waals surface area contributed by atoms with E-state index in [1.165, 1.54) is 0 Å². The van der Waals surface area contributed by atoms with E-state index >= 15 is 0 Å². The third-order valence-electron chi connectivity index (χ3n) is 4.23. The fourth-order valence-electron chi connectivity index (χ4n) is 2.98. The minimum absolute atomic E-state index is 0.0713. The third kappa shape index (κ3) is 6.44. The van der Waals surface area contributed by atoms with Gasteiger partial charge in [-0.25, -0.2) is 15.8 Å². The molecule has 0 spiro atoms. The molecule has 2 aromatic rings. The first kappa shape index (κ1) is 21.6. The molecule has 8 heteroatoms. The smallest absolute Gasteiger partial charge is 0.257 e. The summed E-state index contributed by atoms with van der Waals surface area (Å²) in [6.45, 7) is 6.01. The number of carbonyl (C=O) groups is 1. The summed E-state index contributed by atoms with van der Waals surface area (Å²) in [5.41, 5.74) is 7.68. The van der Waals surface area contributed by atoms with E-state index in [2.05, 4.69) is 26.5 Å². The van der Waals surface area contributed by atoms with Gasteiger partial charge in [0.15, 0.2) is 5.96 Å². The minimum atomic E-state index is -0.279. The number of carbonyl (C=O) groups excluding carboxylic acids is 1. The highest BCUT2D eigenvalue weighted by Crippen LogP contribution is 2.25. The Morgan fingerprint density at radius 2 is 1.76 bits per heavy atom. The number of halogens is 2. The van der Waals surface area contributed by atoms with Crippen LogP contribution in [0.3, 0.4) is 0 Å². The van der Waals surface area contributed by atoms with Crippen molar-refractivity contribution >= 4 is 35.1 Å². The van der Waals surface area contributed by atoms with Crippen LogP contribution >= 0.6 is 23.2 Å². The molecule has 2 unspecified atom stereocenters. The number of nitrogens with one attached hydrogen (secondary N) is 4. The molecule has 1 saturated heterocycles. The minimum Gasteiger partial charge on any atom is -0.351 e. The Morgan fingerprint density at radius 1 is 1.07 bits per heavy atom. The van der Waals surface area contributed by atoms with Gasteiger partial charge in [-0.2, -0.15) is 0 Å². The molecule has 0 bridgehead atoms. The van der Waals surface area contributed by atoms with Crippen LogP contribution in [0.2, 0.25) is 10.0 Å². The number of aliphatic imine (C=N–C) groups is 1. The van der Waals surface area contributed by atoms with E-state index in [9.17, 15) is 4.79 Å². The average molecular weight is 434 g/mol. The zero-order valence-corrected chi connectivity index (χ0v) is 18.1. The van der Waals surface area contributed by atoms with Crippen LogP contribution in [0.4, 0.5) is 0 Å². The van der Waals surface area contributed by atoms with Crippen LogP contribution in [0, 0.1) is 0 Å². The highest BCUT2D eigenvalue weighted by molar-refractivity contribution is 6.31. The predicted molar refractivity (Wildman–Crippen MR) is 118 cm³/mol. The fraction of sp³-hybridized carbons (Fsp3) is 0.333. The van der Waals surface area contributed by atoms with E-state index in [0.717, 1.165) is 5.56 Å². The van der Waals surface area contributed by atoms with Gasteiger partial charge in [0.2, 0.25) is 0 Å². The second-order valence-corrected chi connectivity index (χ2v) is 8.84. The van der Waals surface area contributed by atoms with E-state index < -0.39 is 0 Å². The predicted octanol–water partition coefficient (Wildman–Crippen LogP) is 4.03. The lowest BCUT2D eigenvalue weighted by Gasteiger charge is -2.24. The van der Waals surface area contributed by atoms with Crippen molar-refractivity contribution < 1.29 is 4.79 Å². The van der Waals surface area contributed by atoms with Crippen LogP contribution in [0.1, 0.15) is 49.2 Å². The normalized spacial score (nSPS) is 19.8. The first-order valence-electron chi connectivity index (χ1n) is 9.39. The highest BCUT2D eigenvalue weighted by atomic mass is 35.5. The Morgan fingerprint density at radius 3 is 2.41 bits per heavy atom. The lowest BCUT2D eigenvalue weighted by Crippen LogP contribution is -2.50. The molecule has 1 heterocycles. The molecule has 0 radical (unpaired) electrons. The molecule has 4 N–H and O–H groups in total. The van der Waals surface area contributed by atoms with Crippen LogP contribution in [0.25, 0.3) is 0 Å². The number of hydrazine groups is 1. The molecule has 1 aliphatic rings. The van der Waals surface area contributed by atoms with Gasteiger partial charge in [-0.15, -0.1) is 0 Å². The van der Waals surface area contributed by atoms with Crippen molar-refractivity contribution in [3.63, 3.8) is 0 Å². The number of guanidine groups is 1. The maximum Gasteiger partial charge on any atom is 0.257 e. The lowest BCUT2D eigenvalue weighted by molar-refractivity contribution is 0.0975. The zero-order chi connectivity index (χ0) is 21.0. The molecule has 0 saturated carbocycles. The Labute approximate surface area is 181 Å². The lowest BCUT2D eigenvalue weighted by atomic mass is 10.0. The molecule has 1 aliphatic heterocycles. The van der Waals surface area contributed by atoms with Crippen molar-refractivity contribution in [1.29, 1.82) is 0 Å². The molecule has 154 valence electrons. The van der Waals surface area contributed by atoms with Crippen LogP contribution < -0.4 is 21.5 Å². The fourth-order valence-corrected chi connectivity index (χ4v) is 3.37. The summed E-state index contributed by atoms with van der Waals surface area (Å²) in [5.74, 6) is 0.119. The number of benzene rings is 2. The molecule has 1 fully saturated rings. The largest absolute Gasteiger partial charge is 0.351 e. The molecule has 2 aromatic carbocycles. The van der Waals surface area contributed by atoms with Crippen LogP contribution in [-0.4, -0.2) is 23.6 Å². The molecule has 3 rings (SSSR count). The zero-order valence-electron chi connectivity index (χ0n) is 16.6. The van der Waals surface area contributed by atoms with Gasteiger partial charge in [0.05, 0.1) is 0 Å². The van der Waals surface area contributed by atoms with Crippen molar-refractivity contribution in [3.8, 4) is 0 Å². The molecular formula is C21H25Cl2N5O. The quantitative estimate of drug-likeness (QED) is 0.435. The summed E-state index contributed by atoms with van der Waals surface area (Å²) in [4.78, 5) is 17.3. The first-order chi connectivity index (χ1) is 13.7. The van der Waals surface area contributed by atoms with Gasteiger partial charge in [0, 0.05) is 33.6 Å². The van der Waals surface area contributed by atoms with Crippen molar-refractivity contribution in [2.75, 3.05) is 0 Å². The molecule has 0 aromatic heterocycles. The van der Waals surface area contributed by atoms with Crippen molar-refractivity contribution in [2.24, 2.45) is 4.99 Å². The topological polar surface area (TPSA) is 77.6 Å². The van der Waals surface area contributed by atoms with Crippen molar-refractivity contribution in [1.82, 2.24) is 21.5 Å². The van der Waals surface area contributed by atoms with Gasteiger partial charge >= 0.3 is 0 Å². The standard InChI is InChI=1S/C21H25Cl2N5O/c1-21(2,3)26-20(25-19(29)14-7-5-9-16(23)11-14)24-18-12-17(27-28-18)13-6-4-8-15(22)10-13/h4-11,17-18,27-28H,12H2,1-3H3,(H2,24,25,26,29). The van der Waals surface area contributed by atoms with Crippen LogP contribution in [-0.2, 0) is 0 Å². The average Bonchev–Trinajstić information content (AvgIpc) is 3.09. The number of nitrogens with zero attached hydrogens (tertiary/aromatic N) is 1. The summed E-state index contributed by atoms with van der Waals surface area (Å²) in [7, 11) is 0. The maximum atomic E-state index is 12.6. The Bertz CT molecular complexity index is 910. The van der Waals surface area contributed by atoms with Gasteiger partial charge < -0.3 is 5.32 Å². The van der Waals surface area contributed by atoms with Gasteiger partial charge in [0.25, 0.3) is 5.91 Å². The third-order valence-corrected chi connectivity index (χ3v) is 4.70. The Kier molecular flexibility index (Phi) is 6.80. The van der Waals surface area contributed by atoms with Gasteiger partial charge in [-0.1, -0.05) is 41.4 Å². The molecule has 1 amide bonds. The summed E-state index contributed by atoms with van der Waals surface area (Å²) >= 11 is 12.1. The second kappa shape index (κ2) is 9.13. The molecule has 29 heavy (non-hydrogen) atoms. The van der Waals surface area contributed by atoms with E-state index in [-0.39, 0.29) is 23.7 Å². The molecule has 0 aliphatic carbocycles. The SMILES string of the molecule is CC(C)(C)NC(=NC1CC(c2cccc(Cl)c2)NN1)NC(=O)c1cccc(Cl)c1. The highest BCUT2D eigenvalue weighted by Gasteiger charge is 2.26. The van der Waals surface area contributed by atoms with Gasteiger partial charge in [0.1, 0.15) is 6.17 Å². The monoisotopic (exact) mass is 433 g/mol. The summed E-state index contributed by atoms with van der Waals surface area (Å²) < 4.78 is 0. The second-order valence-electron chi connectivity index (χ2n) is 7.96. The Hall–Kier alpha value is -2.12. The summed E-state index contributed by atoms with van der Waals surface area (Å²) in [6, 6.07) is 14.6. The van der Waals surface area contributed by atoms with E-state index in [1.807, 2.05) is 45.0 Å². The number of hydrogen-bond donors (Lipinski definition) is 4. The first-order valence-corrected chi connectivity index (χ1v) is 10.1. The van der Waals surface area contributed by atoms with E-state index in [0.29, 0.717) is 28.0 Å². The van der Waals surface area contributed by atoms with E-state index in [4.69, 9.17) is 23.2 Å².